The van der Waals surface area contributed by atoms with Gasteiger partial charge in [-0.3, -0.25) is 4.79 Å². The minimum Gasteiger partial charge on any atom is -0.497 e. The molecular formula is C22H27BrO5S. The van der Waals surface area contributed by atoms with Crippen molar-refractivity contribution in [3.8, 4) is 5.75 Å². The molecule has 7 heteroatoms. The van der Waals surface area contributed by atoms with E-state index in [2.05, 4.69) is 35.0 Å². The highest BCUT2D eigenvalue weighted by atomic mass is 79.9. The quantitative estimate of drug-likeness (QED) is 0.357. The monoisotopic (exact) mass is 482 g/mol. The molecule has 1 N–H and O–H groups in total. The van der Waals surface area contributed by atoms with Crippen LogP contribution in [-0.4, -0.2) is 36.5 Å². The highest BCUT2D eigenvalue weighted by Gasteiger charge is 2.10. The van der Waals surface area contributed by atoms with Gasteiger partial charge < -0.3 is 14.6 Å². The number of carbonyl (C=O) groups is 2. The second kappa shape index (κ2) is 14.1. The molecule has 0 aromatic heterocycles. The van der Waals surface area contributed by atoms with E-state index < -0.39 is 5.97 Å². The molecule has 0 radical (unpaired) electrons. The van der Waals surface area contributed by atoms with Crippen LogP contribution in [0.3, 0.4) is 0 Å². The smallest absolute Gasteiger partial charge is 0.338 e. The summed E-state index contributed by atoms with van der Waals surface area (Å²) in [5, 5.41) is 8.57. The number of aryl methyl sites for hydroxylation is 1. The Morgan fingerprint density at radius 3 is 2.31 bits per heavy atom. The fourth-order valence-electron chi connectivity index (χ4n) is 2.27. The standard InChI is InChI=1S/C11H11BrO4S.C11H16O/c1-2-16-11(15)7-3-4-9(8(12)5-7)17-6-10(13)14;1-3-4-5-10-6-8-11(12-2)9-7-10/h3-5H,2,6H2,1H3,(H,13,14);6-9H,3-5H2,1-2H3. The largest absolute Gasteiger partial charge is 0.497 e. The van der Waals surface area contributed by atoms with Crippen LogP contribution in [0.25, 0.3) is 0 Å². The zero-order valence-electron chi connectivity index (χ0n) is 16.9. The molecule has 2 rings (SSSR count). The number of carboxylic acid groups (broad SMARTS) is 1. The number of methoxy groups -OCH3 is 1. The van der Waals surface area contributed by atoms with Gasteiger partial charge in [0.1, 0.15) is 5.75 Å². The van der Waals surface area contributed by atoms with Gasteiger partial charge in [0.05, 0.1) is 25.0 Å². The van der Waals surface area contributed by atoms with Crippen LogP contribution in [0, 0.1) is 0 Å². The van der Waals surface area contributed by atoms with Crippen molar-refractivity contribution in [3.05, 3.63) is 58.1 Å². The fraction of sp³-hybridized carbons (Fsp3) is 0.364. The molecule has 5 nitrogen and oxygen atoms in total. The van der Waals surface area contributed by atoms with Crippen molar-refractivity contribution in [3.63, 3.8) is 0 Å². The molecule has 0 bridgehead atoms. The van der Waals surface area contributed by atoms with E-state index in [0.717, 1.165) is 10.6 Å². The Kier molecular flexibility index (Phi) is 12.1. The highest BCUT2D eigenvalue weighted by molar-refractivity contribution is 9.10. The summed E-state index contributed by atoms with van der Waals surface area (Å²) in [6.45, 7) is 4.28. The third-order valence-corrected chi connectivity index (χ3v) is 5.75. The Hall–Kier alpha value is -1.99. The number of rotatable bonds is 9. The summed E-state index contributed by atoms with van der Waals surface area (Å²) in [6, 6.07) is 13.2. The van der Waals surface area contributed by atoms with Crippen molar-refractivity contribution in [1.29, 1.82) is 0 Å². The third kappa shape index (κ3) is 9.85. The third-order valence-electron chi connectivity index (χ3n) is 3.77. The fourth-order valence-corrected chi connectivity index (χ4v) is 3.63. The van der Waals surface area contributed by atoms with Gasteiger partial charge in [0.25, 0.3) is 0 Å². The summed E-state index contributed by atoms with van der Waals surface area (Å²) >= 11 is 4.49. The van der Waals surface area contributed by atoms with Crippen molar-refractivity contribution in [1.82, 2.24) is 0 Å². The molecule has 158 valence electrons. The van der Waals surface area contributed by atoms with E-state index >= 15 is 0 Å². The lowest BCUT2D eigenvalue weighted by atomic mass is 10.1. The molecule has 0 aliphatic carbocycles. The molecule has 0 saturated heterocycles. The Morgan fingerprint density at radius 2 is 1.79 bits per heavy atom. The number of hydrogen-bond acceptors (Lipinski definition) is 5. The summed E-state index contributed by atoms with van der Waals surface area (Å²) in [5.74, 6) is -0.341. The summed E-state index contributed by atoms with van der Waals surface area (Å²) in [6.07, 6.45) is 3.71. The first-order valence-electron chi connectivity index (χ1n) is 9.35. The van der Waals surface area contributed by atoms with Crippen LogP contribution < -0.4 is 4.74 Å². The van der Waals surface area contributed by atoms with E-state index in [-0.39, 0.29) is 11.7 Å². The predicted octanol–water partition coefficient (Wildman–Crippen LogP) is 5.84. The van der Waals surface area contributed by atoms with Gasteiger partial charge in [-0.05, 0) is 71.6 Å². The Bertz CT molecular complexity index is 777. The summed E-state index contributed by atoms with van der Waals surface area (Å²) in [7, 11) is 1.70. The van der Waals surface area contributed by atoms with Crippen LogP contribution in [0.2, 0.25) is 0 Å². The number of esters is 1. The van der Waals surface area contributed by atoms with E-state index in [4.69, 9.17) is 14.6 Å². The number of hydrogen-bond donors (Lipinski definition) is 1. The first-order chi connectivity index (χ1) is 13.9. The molecule has 0 unspecified atom stereocenters. The second-order valence-corrected chi connectivity index (χ2v) is 7.87. The molecule has 0 spiro atoms. The topological polar surface area (TPSA) is 72.8 Å². The van der Waals surface area contributed by atoms with Crippen LogP contribution >= 0.6 is 27.7 Å². The van der Waals surface area contributed by atoms with Gasteiger partial charge in [-0.25, -0.2) is 4.79 Å². The molecule has 0 aliphatic rings. The average Bonchev–Trinajstić information content (AvgIpc) is 2.72. The number of ether oxygens (including phenoxy) is 2. The summed E-state index contributed by atoms with van der Waals surface area (Å²) in [4.78, 5) is 22.6. The number of unbranched alkanes of at least 4 members (excludes halogenated alkanes) is 1. The highest BCUT2D eigenvalue weighted by Crippen LogP contribution is 2.28. The average molecular weight is 483 g/mol. The van der Waals surface area contributed by atoms with Crippen LogP contribution in [0.4, 0.5) is 0 Å². The maximum absolute atomic E-state index is 11.4. The van der Waals surface area contributed by atoms with Crippen molar-refractivity contribution in [2.45, 2.75) is 38.0 Å². The number of halogens is 1. The minimum atomic E-state index is -0.878. The van der Waals surface area contributed by atoms with Gasteiger partial charge in [-0.1, -0.05) is 25.5 Å². The lowest BCUT2D eigenvalue weighted by Gasteiger charge is -2.05. The Morgan fingerprint density at radius 1 is 1.10 bits per heavy atom. The molecule has 0 aliphatic heterocycles. The zero-order valence-corrected chi connectivity index (χ0v) is 19.3. The Balaban J connectivity index is 0.000000308. The van der Waals surface area contributed by atoms with Gasteiger partial charge in [0.2, 0.25) is 0 Å². The van der Waals surface area contributed by atoms with E-state index in [1.165, 1.54) is 36.6 Å². The number of carbonyl (C=O) groups excluding carboxylic acids is 1. The first kappa shape index (κ1) is 25.0. The molecule has 29 heavy (non-hydrogen) atoms. The molecule has 0 atom stereocenters. The normalized spacial score (nSPS) is 9.93. The second-order valence-electron chi connectivity index (χ2n) is 6.00. The maximum Gasteiger partial charge on any atom is 0.338 e. The molecule has 2 aromatic carbocycles. The van der Waals surface area contributed by atoms with E-state index in [0.29, 0.717) is 16.6 Å². The summed E-state index contributed by atoms with van der Waals surface area (Å²) < 4.78 is 10.6. The maximum atomic E-state index is 11.4. The molecule has 0 amide bonds. The Labute approximate surface area is 184 Å². The zero-order chi connectivity index (χ0) is 21.6. The van der Waals surface area contributed by atoms with Gasteiger partial charge >= 0.3 is 11.9 Å². The number of thioether (sulfide) groups is 1. The molecule has 0 saturated carbocycles. The van der Waals surface area contributed by atoms with Gasteiger partial charge in [0.15, 0.2) is 0 Å². The van der Waals surface area contributed by atoms with Gasteiger partial charge in [-0.15, -0.1) is 11.8 Å². The lowest BCUT2D eigenvalue weighted by Crippen LogP contribution is -2.04. The number of benzene rings is 2. The first-order valence-corrected chi connectivity index (χ1v) is 11.1. The molecular weight excluding hydrogens is 456 g/mol. The predicted molar refractivity (Wildman–Crippen MR) is 120 cm³/mol. The molecule has 2 aromatic rings. The van der Waals surface area contributed by atoms with Crippen LogP contribution in [0.15, 0.2) is 51.8 Å². The lowest BCUT2D eigenvalue weighted by molar-refractivity contribution is -0.133. The van der Waals surface area contributed by atoms with Crippen LogP contribution in [0.1, 0.15) is 42.6 Å². The van der Waals surface area contributed by atoms with Crippen molar-refractivity contribution < 1.29 is 24.2 Å². The van der Waals surface area contributed by atoms with E-state index in [1.54, 1.807) is 32.2 Å². The molecule has 0 heterocycles. The minimum absolute atomic E-state index is 0.0165. The van der Waals surface area contributed by atoms with Crippen LogP contribution in [0.5, 0.6) is 5.75 Å². The van der Waals surface area contributed by atoms with Gasteiger partial charge in [0, 0.05) is 9.37 Å². The number of carboxylic acids is 1. The summed E-state index contributed by atoms with van der Waals surface area (Å²) in [5.41, 5.74) is 1.84. The van der Waals surface area contributed by atoms with E-state index in [1.807, 2.05) is 12.1 Å². The SMILES string of the molecule is CCCCc1ccc(OC)cc1.CCOC(=O)c1ccc(SCC(=O)O)c(Br)c1. The molecule has 0 fully saturated rings. The van der Waals surface area contributed by atoms with Crippen molar-refractivity contribution >= 4 is 39.6 Å². The van der Waals surface area contributed by atoms with Crippen molar-refractivity contribution in [2.24, 2.45) is 0 Å². The van der Waals surface area contributed by atoms with Crippen molar-refractivity contribution in [2.75, 3.05) is 19.5 Å². The number of aliphatic carboxylic acids is 1. The van der Waals surface area contributed by atoms with E-state index in [9.17, 15) is 9.59 Å². The van der Waals surface area contributed by atoms with Gasteiger partial charge in [-0.2, -0.15) is 0 Å². The van der Waals surface area contributed by atoms with Crippen LogP contribution in [-0.2, 0) is 16.0 Å².